The number of fused-ring (bicyclic) bond motifs is 3. The van der Waals surface area contributed by atoms with Crippen molar-refractivity contribution in [1.82, 2.24) is 15.0 Å². The van der Waals surface area contributed by atoms with E-state index in [9.17, 15) is 4.79 Å². The second-order valence-electron chi connectivity index (χ2n) is 4.72. The van der Waals surface area contributed by atoms with Crippen molar-refractivity contribution in [2.24, 2.45) is 5.92 Å². The molecule has 1 aromatic rings. The Kier molecular flexibility index (Phi) is 2.49. The second-order valence-corrected chi connectivity index (χ2v) is 4.72. The minimum atomic E-state index is -0.423. The van der Waals surface area contributed by atoms with E-state index in [0.717, 1.165) is 18.8 Å². The minimum absolute atomic E-state index is 0.302. The van der Waals surface area contributed by atoms with Gasteiger partial charge in [0, 0.05) is 6.54 Å². The molecule has 1 fully saturated rings. The molecule has 0 radical (unpaired) electrons. The van der Waals surface area contributed by atoms with Gasteiger partial charge in [0.1, 0.15) is 0 Å². The summed E-state index contributed by atoms with van der Waals surface area (Å²) in [5, 5.41) is 11.3. The molecule has 2 atom stereocenters. The molecule has 1 N–H and O–H groups in total. The first-order chi connectivity index (χ1) is 8.31. The maximum Gasteiger partial charge on any atom is 0.362 e. The lowest BCUT2D eigenvalue weighted by Crippen LogP contribution is -2.35. The topological polar surface area (TPSA) is 69.0 Å². The highest BCUT2D eigenvalue weighted by atomic mass is 16.5. The second kappa shape index (κ2) is 4.01. The summed E-state index contributed by atoms with van der Waals surface area (Å²) < 4.78 is 6.58. The Morgan fingerprint density at radius 1 is 1.47 bits per heavy atom. The Bertz CT molecular complexity index is 443. The number of esters is 1. The fourth-order valence-electron chi connectivity index (χ4n) is 2.90. The predicted octanol–water partition coefficient (Wildman–Crippen LogP) is 1.22. The zero-order valence-electron chi connectivity index (χ0n) is 9.85. The van der Waals surface area contributed by atoms with E-state index in [1.54, 1.807) is 0 Å². The lowest BCUT2D eigenvalue weighted by molar-refractivity contribution is 0.0595. The first kappa shape index (κ1) is 10.6. The molecule has 0 amide bonds. The van der Waals surface area contributed by atoms with Gasteiger partial charge in [-0.25, -0.2) is 9.48 Å². The molecular weight excluding hydrogens is 220 g/mol. The number of methoxy groups -OCH3 is 1. The summed E-state index contributed by atoms with van der Waals surface area (Å²) in [7, 11) is 1.36. The Morgan fingerprint density at radius 2 is 2.29 bits per heavy atom. The molecule has 0 aromatic carbocycles. The first-order valence-corrected chi connectivity index (χ1v) is 6.08. The van der Waals surface area contributed by atoms with Gasteiger partial charge in [-0.1, -0.05) is 18.1 Å². The van der Waals surface area contributed by atoms with Gasteiger partial charge in [0.15, 0.2) is 5.82 Å². The molecular formula is C11H16N4O2. The molecule has 1 aliphatic heterocycles. The number of nitrogens with one attached hydrogen (secondary N) is 1. The highest BCUT2D eigenvalue weighted by Crippen LogP contribution is 2.38. The van der Waals surface area contributed by atoms with E-state index in [0.29, 0.717) is 17.7 Å². The van der Waals surface area contributed by atoms with Crippen LogP contribution in [-0.4, -0.2) is 34.6 Å². The van der Waals surface area contributed by atoms with E-state index in [1.807, 2.05) is 4.68 Å². The smallest absolute Gasteiger partial charge is 0.362 e. The average molecular weight is 236 g/mol. The summed E-state index contributed by atoms with van der Waals surface area (Å²) in [6.07, 6.45) is 4.87. The lowest BCUT2D eigenvalue weighted by Gasteiger charge is -2.36. The zero-order valence-corrected chi connectivity index (χ0v) is 9.85. The fourth-order valence-corrected chi connectivity index (χ4v) is 2.90. The summed E-state index contributed by atoms with van der Waals surface area (Å²) in [6, 6.07) is 0.394. The number of anilines is 1. The third kappa shape index (κ3) is 1.59. The molecule has 0 spiro atoms. The molecule has 0 saturated heterocycles. The van der Waals surface area contributed by atoms with Crippen LogP contribution in [0.5, 0.6) is 0 Å². The van der Waals surface area contributed by atoms with Gasteiger partial charge >= 0.3 is 5.97 Å². The summed E-state index contributed by atoms with van der Waals surface area (Å²) in [6.45, 7) is 0.905. The maximum atomic E-state index is 11.5. The van der Waals surface area contributed by atoms with E-state index >= 15 is 0 Å². The van der Waals surface area contributed by atoms with Gasteiger partial charge in [0.2, 0.25) is 5.69 Å². The Morgan fingerprint density at radius 3 is 3.12 bits per heavy atom. The van der Waals surface area contributed by atoms with Crippen LogP contribution in [0, 0.1) is 5.92 Å². The van der Waals surface area contributed by atoms with E-state index in [-0.39, 0.29) is 0 Å². The molecule has 6 heteroatoms. The van der Waals surface area contributed by atoms with Crippen LogP contribution >= 0.6 is 0 Å². The van der Waals surface area contributed by atoms with Crippen LogP contribution in [0.1, 0.15) is 42.2 Å². The van der Waals surface area contributed by atoms with Gasteiger partial charge in [0.05, 0.1) is 13.2 Å². The Hall–Kier alpha value is -1.59. The first-order valence-electron chi connectivity index (χ1n) is 6.08. The molecule has 1 saturated carbocycles. The van der Waals surface area contributed by atoms with E-state index in [1.165, 1.54) is 26.4 Å². The quantitative estimate of drug-likeness (QED) is 0.742. The van der Waals surface area contributed by atoms with Crippen LogP contribution in [0.15, 0.2) is 0 Å². The number of hydrogen-bond donors (Lipinski definition) is 1. The normalized spacial score (nSPS) is 26.6. The lowest BCUT2D eigenvalue weighted by atomic mass is 9.83. The Labute approximate surface area is 99.3 Å². The molecule has 6 nitrogen and oxygen atoms in total. The maximum absolute atomic E-state index is 11.5. The van der Waals surface area contributed by atoms with Gasteiger partial charge in [-0.05, 0) is 18.8 Å². The van der Waals surface area contributed by atoms with Gasteiger partial charge in [-0.2, -0.15) is 0 Å². The van der Waals surface area contributed by atoms with Crippen LogP contribution in [0.2, 0.25) is 0 Å². The Balaban J connectivity index is 1.96. The monoisotopic (exact) mass is 236 g/mol. The standard InChI is InChI=1S/C11H16N4O2/c1-17-11(16)9-10-12-6-7-4-2-3-5-8(7)15(10)14-13-9/h7-8,12H,2-6H2,1H3. The number of rotatable bonds is 1. The van der Waals surface area contributed by atoms with Gasteiger partial charge < -0.3 is 10.1 Å². The van der Waals surface area contributed by atoms with Crippen LogP contribution in [0.3, 0.4) is 0 Å². The fraction of sp³-hybridized carbons (Fsp3) is 0.727. The van der Waals surface area contributed by atoms with Gasteiger partial charge in [-0.3, -0.25) is 0 Å². The number of nitrogens with zero attached hydrogens (tertiary/aromatic N) is 3. The average Bonchev–Trinajstić information content (AvgIpc) is 2.82. The van der Waals surface area contributed by atoms with E-state index in [4.69, 9.17) is 4.74 Å². The molecule has 2 unspecified atom stereocenters. The highest BCUT2D eigenvalue weighted by Gasteiger charge is 2.35. The largest absolute Gasteiger partial charge is 0.464 e. The van der Waals surface area contributed by atoms with Crippen molar-refractivity contribution in [2.75, 3.05) is 19.0 Å². The van der Waals surface area contributed by atoms with Crippen molar-refractivity contribution in [3.63, 3.8) is 0 Å². The van der Waals surface area contributed by atoms with Gasteiger partial charge in [0.25, 0.3) is 0 Å². The molecule has 0 bridgehead atoms. The van der Waals surface area contributed by atoms with Crippen molar-refractivity contribution in [1.29, 1.82) is 0 Å². The molecule has 1 aliphatic carbocycles. The van der Waals surface area contributed by atoms with Crippen molar-refractivity contribution >= 4 is 11.8 Å². The molecule has 2 aliphatic rings. The SMILES string of the molecule is COC(=O)c1nnn2c1NCC1CCCCC12. The number of aromatic nitrogens is 3. The van der Waals surface area contributed by atoms with E-state index < -0.39 is 5.97 Å². The third-order valence-electron chi connectivity index (χ3n) is 3.79. The van der Waals surface area contributed by atoms with Crippen LogP contribution in [0.25, 0.3) is 0 Å². The molecule has 3 rings (SSSR count). The number of ether oxygens (including phenoxy) is 1. The molecule has 92 valence electrons. The van der Waals surface area contributed by atoms with Crippen LogP contribution in [0.4, 0.5) is 5.82 Å². The molecule has 1 aromatic heterocycles. The predicted molar refractivity (Wildman–Crippen MR) is 60.8 cm³/mol. The number of carbonyl (C=O) groups is 1. The van der Waals surface area contributed by atoms with Crippen molar-refractivity contribution < 1.29 is 9.53 Å². The third-order valence-corrected chi connectivity index (χ3v) is 3.79. The summed E-state index contributed by atoms with van der Waals surface area (Å²) >= 11 is 0. The van der Waals surface area contributed by atoms with E-state index in [2.05, 4.69) is 15.6 Å². The van der Waals surface area contributed by atoms with Crippen molar-refractivity contribution in [3.8, 4) is 0 Å². The van der Waals surface area contributed by atoms with Crippen LogP contribution in [-0.2, 0) is 4.74 Å². The minimum Gasteiger partial charge on any atom is -0.464 e. The van der Waals surface area contributed by atoms with Crippen LogP contribution < -0.4 is 5.32 Å². The zero-order chi connectivity index (χ0) is 11.8. The number of carbonyl (C=O) groups excluding carboxylic acids is 1. The van der Waals surface area contributed by atoms with Crippen molar-refractivity contribution in [2.45, 2.75) is 31.7 Å². The summed E-state index contributed by atoms with van der Waals surface area (Å²) in [5.74, 6) is 0.913. The van der Waals surface area contributed by atoms with Gasteiger partial charge in [-0.15, -0.1) is 5.10 Å². The summed E-state index contributed by atoms with van der Waals surface area (Å²) in [5.41, 5.74) is 0.302. The molecule has 2 heterocycles. The number of hydrogen-bond acceptors (Lipinski definition) is 5. The van der Waals surface area contributed by atoms with Crippen molar-refractivity contribution in [3.05, 3.63) is 5.69 Å². The molecule has 17 heavy (non-hydrogen) atoms. The summed E-state index contributed by atoms with van der Waals surface area (Å²) in [4.78, 5) is 11.5. The highest BCUT2D eigenvalue weighted by molar-refractivity contribution is 5.92.